The molecule has 0 amide bonds. The molecule has 1 heterocycles. The number of nitrogens with one attached hydrogen (secondary N) is 2. The van der Waals surface area contributed by atoms with Gasteiger partial charge in [-0.25, -0.2) is 0 Å². The quantitative estimate of drug-likeness (QED) is 0.806. The van der Waals surface area contributed by atoms with Crippen LogP contribution < -0.4 is 10.6 Å². The zero-order valence-electron chi connectivity index (χ0n) is 8.34. The van der Waals surface area contributed by atoms with E-state index in [1.807, 2.05) is 5.32 Å². The van der Waals surface area contributed by atoms with Crippen molar-refractivity contribution in [1.29, 1.82) is 0 Å². The number of rotatable bonds is 5. The van der Waals surface area contributed by atoms with E-state index in [1.54, 1.807) is 0 Å². The Balaban J connectivity index is 1.77. The molecule has 0 radical (unpaired) electrons. The summed E-state index contributed by atoms with van der Waals surface area (Å²) < 4.78 is 40.5. The van der Waals surface area contributed by atoms with Crippen LogP contribution in [-0.2, 0) is 6.54 Å². The largest absolute Gasteiger partial charge is 0.407 e. The standard InChI is InChI=1S/C8H11F3N4O/c9-8(10,11)4-13-7-15-14-6(16-7)3-12-5-1-2-5/h5,12H,1-4H2,(H,13,15). The van der Waals surface area contributed by atoms with Crippen LogP contribution in [0, 0.1) is 0 Å². The lowest BCUT2D eigenvalue weighted by Gasteiger charge is -2.04. The Bertz CT molecular complexity index is 347. The molecule has 1 fully saturated rings. The topological polar surface area (TPSA) is 63.0 Å². The van der Waals surface area contributed by atoms with Crippen molar-refractivity contribution in [2.75, 3.05) is 11.9 Å². The highest BCUT2D eigenvalue weighted by Crippen LogP contribution is 2.19. The summed E-state index contributed by atoms with van der Waals surface area (Å²) >= 11 is 0. The Morgan fingerprint density at radius 1 is 1.31 bits per heavy atom. The van der Waals surface area contributed by atoms with E-state index in [4.69, 9.17) is 4.42 Å². The van der Waals surface area contributed by atoms with Gasteiger partial charge in [-0.2, -0.15) is 13.2 Å². The van der Waals surface area contributed by atoms with Gasteiger partial charge in [0.1, 0.15) is 6.54 Å². The first-order valence-electron chi connectivity index (χ1n) is 4.89. The van der Waals surface area contributed by atoms with Crippen molar-refractivity contribution in [3.05, 3.63) is 5.89 Å². The van der Waals surface area contributed by atoms with Crippen molar-refractivity contribution in [3.63, 3.8) is 0 Å². The fraction of sp³-hybridized carbons (Fsp3) is 0.750. The van der Waals surface area contributed by atoms with Gasteiger partial charge >= 0.3 is 12.2 Å². The Morgan fingerprint density at radius 2 is 2.06 bits per heavy atom. The minimum absolute atomic E-state index is 0.204. The highest BCUT2D eigenvalue weighted by atomic mass is 19.4. The molecule has 0 bridgehead atoms. The number of nitrogens with zero attached hydrogens (tertiary/aromatic N) is 2. The van der Waals surface area contributed by atoms with E-state index in [-0.39, 0.29) is 11.9 Å². The zero-order chi connectivity index (χ0) is 11.6. The molecule has 1 aromatic rings. The molecule has 0 atom stereocenters. The average Bonchev–Trinajstić information content (AvgIpc) is 2.91. The maximum absolute atomic E-state index is 11.8. The molecular formula is C8H11F3N4O. The fourth-order valence-corrected chi connectivity index (χ4v) is 1.09. The molecule has 16 heavy (non-hydrogen) atoms. The highest BCUT2D eigenvalue weighted by Gasteiger charge is 2.27. The molecule has 90 valence electrons. The maximum Gasteiger partial charge on any atom is 0.405 e. The number of alkyl halides is 3. The molecule has 1 aliphatic carbocycles. The smallest absolute Gasteiger partial charge is 0.405 e. The first kappa shape index (κ1) is 11.2. The van der Waals surface area contributed by atoms with Crippen LogP contribution in [-0.4, -0.2) is 29.0 Å². The second kappa shape index (κ2) is 4.28. The summed E-state index contributed by atoms with van der Waals surface area (Å²) in [5, 5.41) is 12.2. The molecule has 2 rings (SSSR count). The molecule has 8 heteroatoms. The van der Waals surface area contributed by atoms with Gasteiger partial charge in [0.05, 0.1) is 6.54 Å². The van der Waals surface area contributed by atoms with Crippen molar-refractivity contribution in [2.45, 2.75) is 31.6 Å². The molecule has 0 aromatic carbocycles. The van der Waals surface area contributed by atoms with E-state index in [1.165, 1.54) is 0 Å². The van der Waals surface area contributed by atoms with Crippen LogP contribution >= 0.6 is 0 Å². The minimum atomic E-state index is -4.29. The van der Waals surface area contributed by atoms with Crippen molar-refractivity contribution >= 4 is 6.01 Å². The van der Waals surface area contributed by atoms with Gasteiger partial charge in [-0.1, -0.05) is 5.10 Å². The second-order valence-corrected chi connectivity index (χ2v) is 3.62. The van der Waals surface area contributed by atoms with E-state index >= 15 is 0 Å². The number of halogens is 3. The van der Waals surface area contributed by atoms with Gasteiger partial charge in [-0.3, -0.25) is 0 Å². The first-order chi connectivity index (χ1) is 7.53. The summed E-state index contributed by atoms with van der Waals surface area (Å²) in [4.78, 5) is 0. The third-order valence-corrected chi connectivity index (χ3v) is 2.03. The fourth-order valence-electron chi connectivity index (χ4n) is 1.09. The minimum Gasteiger partial charge on any atom is -0.407 e. The predicted octanol–water partition coefficient (Wildman–Crippen LogP) is 1.30. The van der Waals surface area contributed by atoms with Gasteiger partial charge in [-0.05, 0) is 12.8 Å². The SMILES string of the molecule is FC(F)(F)CNc1nnc(CNC2CC2)o1. The number of anilines is 1. The van der Waals surface area contributed by atoms with Crippen LogP contribution in [0.3, 0.4) is 0 Å². The van der Waals surface area contributed by atoms with Gasteiger partial charge in [0.2, 0.25) is 5.89 Å². The lowest BCUT2D eigenvalue weighted by molar-refractivity contribution is -0.115. The molecular weight excluding hydrogens is 225 g/mol. The van der Waals surface area contributed by atoms with Gasteiger partial charge < -0.3 is 15.1 Å². The Hall–Kier alpha value is -1.31. The normalized spacial score (nSPS) is 16.4. The van der Waals surface area contributed by atoms with Crippen LogP contribution in [0.15, 0.2) is 4.42 Å². The molecule has 1 aliphatic rings. The molecule has 0 saturated heterocycles. The molecule has 0 unspecified atom stereocenters. The molecule has 2 N–H and O–H groups in total. The molecule has 5 nitrogen and oxygen atoms in total. The van der Waals surface area contributed by atoms with Gasteiger partial charge in [-0.15, -0.1) is 5.10 Å². The van der Waals surface area contributed by atoms with E-state index < -0.39 is 12.7 Å². The van der Waals surface area contributed by atoms with Crippen LogP contribution in [0.4, 0.5) is 19.2 Å². The van der Waals surface area contributed by atoms with E-state index in [0.717, 1.165) is 12.8 Å². The number of hydrogen-bond donors (Lipinski definition) is 2. The summed E-state index contributed by atoms with van der Waals surface area (Å²) in [6, 6.07) is 0.281. The Kier molecular flexibility index (Phi) is 2.99. The van der Waals surface area contributed by atoms with E-state index in [9.17, 15) is 13.2 Å². The second-order valence-electron chi connectivity index (χ2n) is 3.62. The van der Waals surface area contributed by atoms with Crippen molar-refractivity contribution in [3.8, 4) is 0 Å². The summed E-state index contributed by atoms with van der Waals surface area (Å²) in [6.45, 7) is -0.782. The molecule has 0 aliphatic heterocycles. The predicted molar refractivity (Wildman–Crippen MR) is 48.7 cm³/mol. The van der Waals surface area contributed by atoms with Gasteiger partial charge in [0.15, 0.2) is 0 Å². The third kappa shape index (κ3) is 3.69. The summed E-state index contributed by atoms with van der Waals surface area (Å²) in [5.74, 6) is 0.288. The number of hydrogen-bond acceptors (Lipinski definition) is 5. The maximum atomic E-state index is 11.8. The van der Waals surface area contributed by atoms with Crippen LogP contribution in [0.2, 0.25) is 0 Å². The van der Waals surface area contributed by atoms with Crippen molar-refractivity contribution in [1.82, 2.24) is 15.5 Å². The Labute approximate surface area is 89.4 Å². The third-order valence-electron chi connectivity index (χ3n) is 2.03. The molecule has 1 saturated carbocycles. The number of aromatic nitrogens is 2. The summed E-state index contributed by atoms with van der Waals surface area (Å²) in [6.07, 6.45) is -2.05. The van der Waals surface area contributed by atoms with Gasteiger partial charge in [0, 0.05) is 6.04 Å². The molecule has 1 aromatic heterocycles. The van der Waals surface area contributed by atoms with E-state index in [2.05, 4.69) is 15.5 Å². The van der Waals surface area contributed by atoms with Crippen molar-refractivity contribution in [2.24, 2.45) is 0 Å². The average molecular weight is 236 g/mol. The highest BCUT2D eigenvalue weighted by molar-refractivity contribution is 5.17. The first-order valence-corrected chi connectivity index (χ1v) is 4.89. The lowest BCUT2D eigenvalue weighted by Crippen LogP contribution is -2.21. The van der Waals surface area contributed by atoms with Crippen LogP contribution in [0.5, 0.6) is 0 Å². The molecule has 0 spiro atoms. The van der Waals surface area contributed by atoms with Crippen LogP contribution in [0.1, 0.15) is 18.7 Å². The summed E-state index contributed by atoms with van der Waals surface area (Å²) in [5.41, 5.74) is 0. The summed E-state index contributed by atoms with van der Waals surface area (Å²) in [7, 11) is 0. The van der Waals surface area contributed by atoms with Crippen LogP contribution in [0.25, 0.3) is 0 Å². The van der Waals surface area contributed by atoms with E-state index in [0.29, 0.717) is 12.6 Å². The Morgan fingerprint density at radius 3 is 2.69 bits per heavy atom. The van der Waals surface area contributed by atoms with Crippen molar-refractivity contribution < 1.29 is 17.6 Å². The van der Waals surface area contributed by atoms with Gasteiger partial charge in [0.25, 0.3) is 0 Å². The monoisotopic (exact) mass is 236 g/mol. The zero-order valence-corrected chi connectivity index (χ0v) is 8.34. The lowest BCUT2D eigenvalue weighted by atomic mass is 10.6.